The Labute approximate surface area is 170 Å². The molecular weight excluding hydrogens is 404 g/mol. The Kier molecular flexibility index (Phi) is 6.42. The number of nitrogens with zero attached hydrogens (tertiary/aromatic N) is 2. The maximum Gasteiger partial charge on any atom is 0.433 e. The van der Waals surface area contributed by atoms with Crippen LogP contribution in [0.2, 0.25) is 0 Å². The summed E-state index contributed by atoms with van der Waals surface area (Å²) in [5.74, 6) is 0.245. The van der Waals surface area contributed by atoms with Gasteiger partial charge >= 0.3 is 6.18 Å². The van der Waals surface area contributed by atoms with Crippen LogP contribution >= 0.6 is 11.8 Å². The minimum Gasteiger partial charge on any atom is -0.439 e. The van der Waals surface area contributed by atoms with Gasteiger partial charge in [-0.1, -0.05) is 49.9 Å². The highest BCUT2D eigenvalue weighted by molar-refractivity contribution is 7.98. The summed E-state index contributed by atoms with van der Waals surface area (Å²) in [6.07, 6.45) is -4.64. The Bertz CT molecular complexity index is 992. The predicted molar refractivity (Wildman–Crippen MR) is 104 cm³/mol. The molecule has 3 rings (SSSR count). The number of hydrogen-bond acceptors (Lipinski definition) is 4. The topological polar surface area (TPSA) is 35.0 Å². The van der Waals surface area contributed by atoms with Crippen molar-refractivity contribution in [3.8, 4) is 11.6 Å². The van der Waals surface area contributed by atoms with E-state index in [-0.39, 0.29) is 22.7 Å². The van der Waals surface area contributed by atoms with Gasteiger partial charge in [-0.25, -0.2) is 9.37 Å². The van der Waals surface area contributed by atoms with Gasteiger partial charge in [0, 0.05) is 11.8 Å². The van der Waals surface area contributed by atoms with Crippen LogP contribution in [-0.4, -0.2) is 9.97 Å². The average Bonchev–Trinajstić information content (AvgIpc) is 2.66. The zero-order valence-corrected chi connectivity index (χ0v) is 16.5. The molecule has 2 aromatic carbocycles. The Morgan fingerprint density at radius 1 is 1.00 bits per heavy atom. The van der Waals surface area contributed by atoms with Crippen LogP contribution < -0.4 is 4.74 Å². The minimum absolute atomic E-state index is 0.0981. The van der Waals surface area contributed by atoms with Crippen molar-refractivity contribution in [3.63, 3.8) is 0 Å². The first-order chi connectivity index (χ1) is 13.7. The van der Waals surface area contributed by atoms with Gasteiger partial charge in [-0.2, -0.15) is 18.2 Å². The first kappa shape index (κ1) is 21.1. The van der Waals surface area contributed by atoms with Crippen molar-refractivity contribution >= 4 is 11.8 Å². The molecular formula is C21H18F4N2OS. The summed E-state index contributed by atoms with van der Waals surface area (Å²) in [6.45, 7) is 4.01. The lowest BCUT2D eigenvalue weighted by molar-refractivity contribution is -0.141. The minimum atomic E-state index is -4.64. The van der Waals surface area contributed by atoms with Crippen LogP contribution in [-0.2, 0) is 11.9 Å². The van der Waals surface area contributed by atoms with E-state index in [9.17, 15) is 17.6 Å². The summed E-state index contributed by atoms with van der Waals surface area (Å²) in [5, 5.41) is -0.0981. The van der Waals surface area contributed by atoms with Crippen molar-refractivity contribution in [3.05, 3.63) is 77.2 Å². The number of aromatic nitrogens is 2. The molecule has 3 nitrogen and oxygen atoms in total. The molecule has 29 heavy (non-hydrogen) atoms. The molecule has 0 amide bonds. The summed E-state index contributed by atoms with van der Waals surface area (Å²) in [4.78, 5) is 7.67. The molecule has 0 aliphatic carbocycles. The summed E-state index contributed by atoms with van der Waals surface area (Å²) in [5.41, 5.74) is 0.515. The molecule has 0 saturated heterocycles. The smallest absolute Gasteiger partial charge is 0.433 e. The molecule has 0 unspecified atom stereocenters. The zero-order valence-electron chi connectivity index (χ0n) is 15.7. The highest BCUT2D eigenvalue weighted by atomic mass is 32.2. The fourth-order valence-electron chi connectivity index (χ4n) is 2.50. The van der Waals surface area contributed by atoms with E-state index in [0.29, 0.717) is 11.3 Å². The van der Waals surface area contributed by atoms with E-state index < -0.39 is 17.7 Å². The van der Waals surface area contributed by atoms with Gasteiger partial charge < -0.3 is 4.74 Å². The molecule has 0 bridgehead atoms. The maximum absolute atomic E-state index is 13.3. The van der Waals surface area contributed by atoms with E-state index in [4.69, 9.17) is 4.74 Å². The fourth-order valence-corrected chi connectivity index (χ4v) is 3.29. The Balaban J connectivity index is 1.86. The zero-order chi connectivity index (χ0) is 21.0. The molecule has 0 aliphatic heterocycles. The third kappa shape index (κ3) is 5.93. The highest BCUT2D eigenvalue weighted by Gasteiger charge is 2.34. The van der Waals surface area contributed by atoms with E-state index in [2.05, 4.69) is 9.97 Å². The number of ether oxygens (including phenoxy) is 1. The van der Waals surface area contributed by atoms with Crippen molar-refractivity contribution in [1.29, 1.82) is 0 Å². The lowest BCUT2D eigenvalue weighted by atomic mass is 10.0. The van der Waals surface area contributed by atoms with E-state index in [1.165, 1.54) is 18.2 Å². The van der Waals surface area contributed by atoms with E-state index >= 15 is 0 Å². The lowest BCUT2D eigenvalue weighted by Crippen LogP contribution is -2.10. The normalized spacial score (nSPS) is 11.7. The molecule has 3 aromatic rings. The Morgan fingerprint density at radius 2 is 1.76 bits per heavy atom. The number of rotatable bonds is 6. The maximum atomic E-state index is 13.3. The van der Waals surface area contributed by atoms with Crippen LogP contribution in [0.4, 0.5) is 17.6 Å². The van der Waals surface area contributed by atoms with Crippen LogP contribution in [0.15, 0.2) is 59.8 Å². The van der Waals surface area contributed by atoms with Crippen molar-refractivity contribution in [2.24, 2.45) is 0 Å². The van der Waals surface area contributed by atoms with E-state index in [1.807, 2.05) is 19.9 Å². The second-order valence-corrected chi connectivity index (χ2v) is 7.56. The second-order valence-electron chi connectivity index (χ2n) is 6.62. The van der Waals surface area contributed by atoms with Gasteiger partial charge in [-0.05, 0) is 41.3 Å². The van der Waals surface area contributed by atoms with Crippen LogP contribution in [0.25, 0.3) is 0 Å². The van der Waals surface area contributed by atoms with Gasteiger partial charge in [0.15, 0.2) is 10.9 Å². The summed E-state index contributed by atoms with van der Waals surface area (Å²) < 4.78 is 58.7. The van der Waals surface area contributed by atoms with Gasteiger partial charge in [-0.15, -0.1) is 0 Å². The average molecular weight is 422 g/mol. The number of alkyl halides is 3. The molecule has 0 spiro atoms. The largest absolute Gasteiger partial charge is 0.439 e. The standard InChI is InChI=1S/C21H18F4N2OS/c1-13(2)15-6-4-8-17(10-15)28-19-11-18(21(23,24)25)26-20(27-19)29-12-14-5-3-7-16(22)9-14/h3-11,13H,12H2,1-2H3. The number of benzene rings is 2. The SMILES string of the molecule is CC(C)c1cccc(Oc2cc(C(F)(F)F)nc(SCc3cccc(F)c3)n2)c1. The molecule has 0 aliphatic rings. The monoisotopic (exact) mass is 422 g/mol. The number of hydrogen-bond donors (Lipinski definition) is 0. The van der Waals surface area contributed by atoms with Gasteiger partial charge in [0.25, 0.3) is 0 Å². The van der Waals surface area contributed by atoms with E-state index in [1.54, 1.807) is 24.3 Å². The van der Waals surface area contributed by atoms with Crippen molar-refractivity contribution < 1.29 is 22.3 Å². The quantitative estimate of drug-likeness (QED) is 0.247. The molecule has 152 valence electrons. The van der Waals surface area contributed by atoms with E-state index in [0.717, 1.165) is 23.4 Å². The van der Waals surface area contributed by atoms with Gasteiger partial charge in [0.2, 0.25) is 5.88 Å². The summed E-state index contributed by atoms with van der Waals surface area (Å²) in [7, 11) is 0. The first-order valence-corrected chi connectivity index (χ1v) is 9.80. The predicted octanol–water partition coefficient (Wildman–Crippen LogP) is 6.84. The lowest BCUT2D eigenvalue weighted by Gasteiger charge is -2.12. The van der Waals surface area contributed by atoms with Crippen LogP contribution in [0, 0.1) is 5.82 Å². The van der Waals surface area contributed by atoms with Crippen molar-refractivity contribution in [2.45, 2.75) is 36.9 Å². The molecule has 0 atom stereocenters. The molecule has 1 heterocycles. The Morgan fingerprint density at radius 3 is 2.45 bits per heavy atom. The van der Waals surface area contributed by atoms with Crippen molar-refractivity contribution in [2.75, 3.05) is 0 Å². The third-order valence-corrected chi connectivity index (χ3v) is 4.90. The molecule has 0 fully saturated rings. The molecule has 0 radical (unpaired) electrons. The third-order valence-electron chi connectivity index (χ3n) is 3.98. The summed E-state index contributed by atoms with van der Waals surface area (Å²) in [6, 6.07) is 13.7. The Hall–Kier alpha value is -2.61. The van der Waals surface area contributed by atoms with Crippen LogP contribution in [0.3, 0.4) is 0 Å². The van der Waals surface area contributed by atoms with Gasteiger partial charge in [0.1, 0.15) is 11.6 Å². The summed E-state index contributed by atoms with van der Waals surface area (Å²) >= 11 is 0.976. The van der Waals surface area contributed by atoms with Crippen LogP contribution in [0.1, 0.15) is 36.6 Å². The van der Waals surface area contributed by atoms with Crippen molar-refractivity contribution in [1.82, 2.24) is 9.97 Å². The molecule has 1 aromatic heterocycles. The first-order valence-electron chi connectivity index (χ1n) is 8.82. The second kappa shape index (κ2) is 8.82. The molecule has 8 heteroatoms. The molecule has 0 N–H and O–H groups in total. The van der Waals surface area contributed by atoms with Gasteiger partial charge in [0.05, 0.1) is 0 Å². The van der Waals surface area contributed by atoms with Gasteiger partial charge in [-0.3, -0.25) is 0 Å². The number of thioether (sulfide) groups is 1. The molecule has 0 saturated carbocycles. The fraction of sp³-hybridized carbons (Fsp3) is 0.238. The number of halogens is 4. The highest BCUT2D eigenvalue weighted by Crippen LogP contribution is 2.33. The van der Waals surface area contributed by atoms with Crippen LogP contribution in [0.5, 0.6) is 11.6 Å².